The summed E-state index contributed by atoms with van der Waals surface area (Å²) in [5.74, 6) is -3.66. The van der Waals surface area contributed by atoms with Gasteiger partial charge in [-0.15, -0.1) is 0 Å². The van der Waals surface area contributed by atoms with Crippen molar-refractivity contribution in [3.05, 3.63) is 12.2 Å². The van der Waals surface area contributed by atoms with E-state index >= 15 is 0 Å². The van der Waals surface area contributed by atoms with E-state index in [1.54, 1.807) is 20.8 Å². The zero-order valence-corrected chi connectivity index (χ0v) is 26.9. The van der Waals surface area contributed by atoms with E-state index < -0.39 is 40.5 Å². The summed E-state index contributed by atoms with van der Waals surface area (Å²) in [6.07, 6.45) is 26.7. The molecule has 3 unspecified atom stereocenters. The first-order valence-corrected chi connectivity index (χ1v) is 16.9. The van der Waals surface area contributed by atoms with Gasteiger partial charge in [-0.3, -0.25) is 4.48 Å². The van der Waals surface area contributed by atoms with Crippen molar-refractivity contribution in [2.45, 2.75) is 181 Å². The van der Waals surface area contributed by atoms with Crippen LogP contribution in [-0.2, 0) is 14.4 Å². The van der Waals surface area contributed by atoms with E-state index in [1.807, 2.05) is 0 Å². The molecular formula is C34H63NO6. The van der Waals surface area contributed by atoms with Gasteiger partial charge >= 0.3 is 11.9 Å². The van der Waals surface area contributed by atoms with Crippen LogP contribution in [0.3, 0.4) is 0 Å². The fraction of sp³-hybridized carbons (Fsp3) is 0.853. The van der Waals surface area contributed by atoms with Crippen LogP contribution in [0.1, 0.15) is 163 Å². The predicted molar refractivity (Wildman–Crippen MR) is 166 cm³/mol. The Kier molecular flexibility index (Phi) is 23.5. The number of carbonyl (C=O) groups is 3. The zero-order chi connectivity index (χ0) is 30.9. The van der Waals surface area contributed by atoms with Crippen LogP contribution in [0, 0.1) is 0 Å². The number of hydrogen-bond donors (Lipinski definition) is 2. The van der Waals surface area contributed by atoms with E-state index in [9.17, 15) is 29.7 Å². The molecule has 0 spiro atoms. The molecule has 0 aromatic rings. The Balaban J connectivity index is 4.46. The first kappa shape index (κ1) is 39.1. The third kappa shape index (κ3) is 15.2. The molecule has 0 aliphatic rings. The second-order valence-corrected chi connectivity index (χ2v) is 11.8. The summed E-state index contributed by atoms with van der Waals surface area (Å²) >= 11 is 0. The number of unbranched alkanes of at least 4 members (excludes halogenated alkanes) is 16. The number of rotatable bonds is 29. The van der Waals surface area contributed by atoms with Crippen LogP contribution in [0.5, 0.6) is 0 Å². The Morgan fingerprint density at radius 3 is 1.22 bits per heavy atom. The largest absolute Gasteiger partial charge is 0.544 e. The SMILES string of the molecule is CCCCCCCCCCC/C=C/CCCCCCCCC[N+](C(CC)C(=O)[O-])(C(CC)C(=O)O)C(CC)C(=O)O. The van der Waals surface area contributed by atoms with Crippen LogP contribution < -0.4 is 5.11 Å². The minimum atomic E-state index is -1.37. The van der Waals surface area contributed by atoms with Gasteiger partial charge in [-0.2, -0.15) is 0 Å². The molecule has 0 saturated heterocycles. The third-order valence-corrected chi connectivity index (χ3v) is 8.80. The minimum Gasteiger partial charge on any atom is -0.544 e. The van der Waals surface area contributed by atoms with Gasteiger partial charge in [-0.05, 0) is 38.5 Å². The standard InChI is InChI=1S/C34H63NO6/c1-5-9-10-11-12-13-14-15-16-17-18-19-20-21-22-23-24-25-26-27-28-35(29(6-2)32(36)37,30(7-3)33(38)39)31(8-4)34(40)41/h18-19,29-31H,5-17,20-28H2,1-4H3,(H2-,36,37,38,39,40,41)/b19-18+. The number of carboxylic acids is 3. The Morgan fingerprint density at radius 1 is 0.561 bits per heavy atom. The average Bonchev–Trinajstić information content (AvgIpc) is 2.92. The quantitative estimate of drug-likeness (QED) is 0.0532. The van der Waals surface area contributed by atoms with E-state index in [0.717, 1.165) is 32.1 Å². The number of hydrogen-bond acceptors (Lipinski definition) is 4. The van der Waals surface area contributed by atoms with Gasteiger partial charge in [0.05, 0.1) is 12.5 Å². The van der Waals surface area contributed by atoms with Crippen LogP contribution in [0.4, 0.5) is 0 Å². The van der Waals surface area contributed by atoms with Crippen molar-refractivity contribution in [2.75, 3.05) is 6.54 Å². The molecule has 0 fully saturated rings. The van der Waals surface area contributed by atoms with Gasteiger partial charge in [0.25, 0.3) is 0 Å². The van der Waals surface area contributed by atoms with Crippen molar-refractivity contribution < 1.29 is 34.2 Å². The molecule has 0 radical (unpaired) electrons. The number of aliphatic carboxylic acids is 3. The number of quaternary nitrogens is 1. The van der Waals surface area contributed by atoms with E-state index in [-0.39, 0.29) is 25.8 Å². The monoisotopic (exact) mass is 581 g/mol. The maximum atomic E-state index is 12.2. The smallest absolute Gasteiger partial charge is 0.362 e. The highest BCUT2D eigenvalue weighted by atomic mass is 16.4. The lowest BCUT2D eigenvalue weighted by Crippen LogP contribution is -2.73. The van der Waals surface area contributed by atoms with Crippen molar-refractivity contribution in [2.24, 2.45) is 0 Å². The lowest BCUT2D eigenvalue weighted by atomic mass is 9.93. The van der Waals surface area contributed by atoms with Crippen LogP contribution in [0.2, 0.25) is 0 Å². The Labute approximate surface area is 251 Å². The summed E-state index contributed by atoms with van der Waals surface area (Å²) in [7, 11) is 0. The topological polar surface area (TPSA) is 115 Å². The summed E-state index contributed by atoms with van der Waals surface area (Å²) in [6, 6.07) is -3.38. The Bertz CT molecular complexity index is 667. The molecule has 0 aliphatic heterocycles. The van der Waals surface area contributed by atoms with Gasteiger partial charge < -0.3 is 20.1 Å². The van der Waals surface area contributed by atoms with Gasteiger partial charge in [0, 0.05) is 19.3 Å². The summed E-state index contributed by atoms with van der Waals surface area (Å²) in [5.41, 5.74) is 0. The molecule has 7 nitrogen and oxygen atoms in total. The highest BCUT2D eigenvalue weighted by molar-refractivity contribution is 5.77. The maximum absolute atomic E-state index is 12.2. The van der Waals surface area contributed by atoms with Crippen molar-refractivity contribution in [1.82, 2.24) is 0 Å². The molecule has 0 aliphatic carbocycles. The summed E-state index contributed by atoms with van der Waals surface area (Å²) < 4.78 is -0.470. The summed E-state index contributed by atoms with van der Waals surface area (Å²) in [4.78, 5) is 36.6. The average molecular weight is 582 g/mol. The van der Waals surface area contributed by atoms with E-state index in [1.165, 1.54) is 77.0 Å². The van der Waals surface area contributed by atoms with Crippen molar-refractivity contribution >= 4 is 17.9 Å². The van der Waals surface area contributed by atoms with Crippen LogP contribution in [0.25, 0.3) is 0 Å². The molecular weight excluding hydrogens is 518 g/mol. The van der Waals surface area contributed by atoms with Gasteiger partial charge in [0.15, 0.2) is 12.1 Å². The zero-order valence-electron chi connectivity index (χ0n) is 26.9. The molecule has 41 heavy (non-hydrogen) atoms. The molecule has 2 N–H and O–H groups in total. The van der Waals surface area contributed by atoms with Gasteiger partial charge in [0.2, 0.25) is 0 Å². The fourth-order valence-corrected chi connectivity index (χ4v) is 6.60. The predicted octanol–water partition coefficient (Wildman–Crippen LogP) is 7.66. The first-order chi connectivity index (χ1) is 19.7. The first-order valence-electron chi connectivity index (χ1n) is 16.9. The lowest BCUT2D eigenvalue weighted by molar-refractivity contribution is -0.974. The van der Waals surface area contributed by atoms with E-state index in [4.69, 9.17) is 0 Å². The molecule has 7 heteroatoms. The summed E-state index contributed by atoms with van der Waals surface area (Å²) in [6.45, 7) is 7.52. The molecule has 0 rings (SSSR count). The number of carbonyl (C=O) groups excluding carboxylic acids is 1. The second-order valence-electron chi connectivity index (χ2n) is 11.8. The van der Waals surface area contributed by atoms with Crippen LogP contribution >= 0.6 is 0 Å². The molecule has 0 aromatic heterocycles. The van der Waals surface area contributed by atoms with Crippen LogP contribution in [-0.4, -0.2) is 57.3 Å². The van der Waals surface area contributed by atoms with Crippen molar-refractivity contribution in [1.29, 1.82) is 0 Å². The Hall–Kier alpha value is -1.89. The second kappa shape index (κ2) is 24.7. The molecule has 0 saturated carbocycles. The molecule has 0 heterocycles. The third-order valence-electron chi connectivity index (χ3n) is 8.80. The van der Waals surface area contributed by atoms with Crippen molar-refractivity contribution in [3.63, 3.8) is 0 Å². The van der Waals surface area contributed by atoms with Gasteiger partial charge in [-0.25, -0.2) is 9.59 Å². The molecule has 0 amide bonds. The number of nitrogens with zero attached hydrogens (tertiary/aromatic N) is 1. The lowest BCUT2D eigenvalue weighted by Gasteiger charge is -2.51. The van der Waals surface area contributed by atoms with Crippen molar-refractivity contribution in [3.8, 4) is 0 Å². The molecule has 0 aromatic carbocycles. The number of carboxylic acid groups (broad SMARTS) is 3. The molecule has 0 bridgehead atoms. The molecule has 3 atom stereocenters. The number of allylic oxidation sites excluding steroid dienone is 2. The highest BCUT2D eigenvalue weighted by Crippen LogP contribution is 2.32. The van der Waals surface area contributed by atoms with Gasteiger partial charge in [0.1, 0.15) is 6.04 Å². The fourth-order valence-electron chi connectivity index (χ4n) is 6.60. The van der Waals surface area contributed by atoms with Gasteiger partial charge in [-0.1, -0.05) is 117 Å². The van der Waals surface area contributed by atoms with E-state index in [2.05, 4.69) is 19.1 Å². The van der Waals surface area contributed by atoms with E-state index in [0.29, 0.717) is 6.42 Å². The normalized spacial score (nSPS) is 15.4. The Morgan fingerprint density at radius 2 is 0.902 bits per heavy atom. The maximum Gasteiger partial charge on any atom is 0.362 e. The summed E-state index contributed by atoms with van der Waals surface area (Å²) in [5, 5.41) is 32.2. The van der Waals surface area contributed by atoms with Crippen LogP contribution in [0.15, 0.2) is 12.2 Å². The molecule has 240 valence electrons. The highest BCUT2D eigenvalue weighted by Gasteiger charge is 2.53. The minimum absolute atomic E-state index is 0.129.